The monoisotopic (exact) mass is 352 g/mol. The van der Waals surface area contributed by atoms with Crippen LogP contribution < -0.4 is 5.73 Å². The minimum absolute atomic E-state index is 0.240. The van der Waals surface area contributed by atoms with E-state index in [0.717, 1.165) is 67.8 Å². The molecule has 4 rings (SSSR count). The zero-order chi connectivity index (χ0) is 17.9. The Balaban J connectivity index is 1.44. The topological polar surface area (TPSA) is 62.5 Å². The Morgan fingerprint density at radius 1 is 1.15 bits per heavy atom. The van der Waals surface area contributed by atoms with Gasteiger partial charge in [-0.15, -0.1) is 0 Å². The molecule has 3 heterocycles. The highest BCUT2D eigenvalue weighted by Gasteiger charge is 2.27. The van der Waals surface area contributed by atoms with E-state index in [4.69, 9.17) is 10.7 Å². The van der Waals surface area contributed by atoms with E-state index >= 15 is 0 Å². The molecule has 0 unspecified atom stereocenters. The van der Waals surface area contributed by atoms with Crippen LogP contribution in [-0.4, -0.2) is 53.4 Å². The zero-order valence-electron chi connectivity index (χ0n) is 15.4. The van der Waals surface area contributed by atoms with Crippen molar-refractivity contribution in [2.75, 3.05) is 38.5 Å². The number of carbonyl (C=O) groups is 1. The number of para-hydroxylation sites is 1. The maximum atomic E-state index is 12.7. The molecule has 2 saturated heterocycles. The van der Waals surface area contributed by atoms with Gasteiger partial charge >= 0.3 is 0 Å². The Morgan fingerprint density at radius 3 is 2.81 bits per heavy atom. The molecule has 2 N–H and O–H groups in total. The number of piperidine rings is 1. The molecule has 0 bridgehead atoms. The summed E-state index contributed by atoms with van der Waals surface area (Å²) >= 11 is 0. The van der Waals surface area contributed by atoms with Crippen LogP contribution in [-0.2, 0) is 4.79 Å². The molecule has 0 radical (unpaired) electrons. The number of fused-ring (bicyclic) bond motifs is 1. The highest BCUT2D eigenvalue weighted by Crippen LogP contribution is 2.31. The molecule has 1 aromatic carbocycles. The Labute approximate surface area is 155 Å². The van der Waals surface area contributed by atoms with E-state index in [1.807, 2.05) is 35.2 Å². The predicted molar refractivity (Wildman–Crippen MR) is 105 cm³/mol. The summed E-state index contributed by atoms with van der Waals surface area (Å²) in [5.74, 6) is 0.519. The van der Waals surface area contributed by atoms with Gasteiger partial charge in [0.15, 0.2) is 0 Å². The first-order valence-electron chi connectivity index (χ1n) is 9.86. The van der Waals surface area contributed by atoms with E-state index in [1.54, 1.807) is 0 Å². The minimum atomic E-state index is 0.240. The fourth-order valence-electron chi connectivity index (χ4n) is 4.32. The number of rotatable bonds is 4. The molecular weight excluding hydrogens is 324 g/mol. The number of nitrogens with zero attached hydrogens (tertiary/aromatic N) is 3. The Hall–Kier alpha value is -2.14. The van der Waals surface area contributed by atoms with Crippen molar-refractivity contribution >= 4 is 22.5 Å². The molecule has 138 valence electrons. The van der Waals surface area contributed by atoms with Crippen LogP contribution in [0, 0.1) is 0 Å². The lowest BCUT2D eigenvalue weighted by Crippen LogP contribution is -2.40. The normalized spacial score (nSPS) is 21.4. The minimum Gasteiger partial charge on any atom is -0.397 e. The van der Waals surface area contributed by atoms with Crippen LogP contribution in [0.25, 0.3) is 10.9 Å². The summed E-state index contributed by atoms with van der Waals surface area (Å²) in [7, 11) is 0. The van der Waals surface area contributed by atoms with Crippen LogP contribution >= 0.6 is 0 Å². The van der Waals surface area contributed by atoms with Gasteiger partial charge in [0.05, 0.1) is 16.9 Å². The van der Waals surface area contributed by atoms with Crippen molar-refractivity contribution < 1.29 is 4.79 Å². The van der Waals surface area contributed by atoms with Crippen molar-refractivity contribution in [1.82, 2.24) is 14.8 Å². The van der Waals surface area contributed by atoms with E-state index in [0.29, 0.717) is 6.42 Å². The average molecular weight is 352 g/mol. The van der Waals surface area contributed by atoms with Crippen molar-refractivity contribution in [3.05, 3.63) is 36.0 Å². The largest absolute Gasteiger partial charge is 0.397 e. The third-order valence-corrected chi connectivity index (χ3v) is 5.79. The fraction of sp³-hybridized carbons (Fsp3) is 0.524. The van der Waals surface area contributed by atoms with E-state index in [1.165, 1.54) is 12.8 Å². The van der Waals surface area contributed by atoms with E-state index < -0.39 is 0 Å². The first-order chi connectivity index (χ1) is 12.7. The van der Waals surface area contributed by atoms with Gasteiger partial charge in [-0.2, -0.15) is 0 Å². The maximum Gasteiger partial charge on any atom is 0.223 e. The number of nitrogens with two attached hydrogens (primary N) is 1. The molecule has 2 aliphatic heterocycles. The summed E-state index contributed by atoms with van der Waals surface area (Å²) in [5.41, 5.74) is 9.00. The lowest BCUT2D eigenvalue weighted by atomic mass is 9.92. The molecule has 2 fully saturated rings. The van der Waals surface area contributed by atoms with Gasteiger partial charge < -0.3 is 15.5 Å². The second-order valence-electron chi connectivity index (χ2n) is 7.63. The van der Waals surface area contributed by atoms with Crippen LogP contribution in [0.3, 0.4) is 0 Å². The number of nitrogen functional groups attached to an aromatic ring is 1. The Kier molecular flexibility index (Phi) is 5.07. The highest BCUT2D eigenvalue weighted by atomic mass is 16.2. The highest BCUT2D eigenvalue weighted by molar-refractivity contribution is 5.82. The lowest BCUT2D eigenvalue weighted by molar-refractivity contribution is -0.132. The molecule has 0 spiro atoms. The lowest BCUT2D eigenvalue weighted by Gasteiger charge is -2.33. The smallest absolute Gasteiger partial charge is 0.223 e. The summed E-state index contributed by atoms with van der Waals surface area (Å²) in [4.78, 5) is 21.9. The molecule has 0 aliphatic carbocycles. The molecule has 2 aromatic rings. The number of hydrogen-bond donors (Lipinski definition) is 1. The van der Waals surface area contributed by atoms with Crippen molar-refractivity contribution in [2.24, 2.45) is 0 Å². The number of benzene rings is 1. The standard InChI is InChI=1S/C21H28N4O/c22-18-14-16-6-1-2-8-19(16)23-21(18)17-7-5-12-25(15-17)20(26)9-13-24-10-3-4-11-24/h1-2,6,8,14,17H,3-5,7,9-13,15,22H2/t17-/m0/s1. The molecule has 5 heteroatoms. The fourth-order valence-corrected chi connectivity index (χ4v) is 4.32. The molecular formula is C21H28N4O. The van der Waals surface area contributed by atoms with Gasteiger partial charge in [-0.1, -0.05) is 18.2 Å². The number of amides is 1. The van der Waals surface area contributed by atoms with Gasteiger partial charge in [-0.3, -0.25) is 9.78 Å². The van der Waals surface area contributed by atoms with Gasteiger partial charge in [0.2, 0.25) is 5.91 Å². The quantitative estimate of drug-likeness (QED) is 0.919. The summed E-state index contributed by atoms with van der Waals surface area (Å²) < 4.78 is 0. The average Bonchev–Trinajstić information content (AvgIpc) is 3.19. The van der Waals surface area contributed by atoms with Crippen LogP contribution in [0.1, 0.15) is 43.7 Å². The van der Waals surface area contributed by atoms with Gasteiger partial charge in [0, 0.05) is 37.4 Å². The number of likely N-dealkylation sites (tertiary alicyclic amines) is 2. The third-order valence-electron chi connectivity index (χ3n) is 5.79. The van der Waals surface area contributed by atoms with Crippen molar-refractivity contribution in [3.8, 4) is 0 Å². The number of pyridine rings is 1. The Morgan fingerprint density at radius 2 is 1.96 bits per heavy atom. The number of carbonyl (C=O) groups excluding carboxylic acids is 1. The van der Waals surface area contributed by atoms with E-state index in [2.05, 4.69) is 4.90 Å². The molecule has 1 amide bonds. The van der Waals surface area contributed by atoms with Crippen molar-refractivity contribution in [1.29, 1.82) is 0 Å². The van der Waals surface area contributed by atoms with Gasteiger partial charge in [-0.25, -0.2) is 0 Å². The van der Waals surface area contributed by atoms with Crippen LogP contribution in [0.4, 0.5) is 5.69 Å². The molecule has 0 saturated carbocycles. The summed E-state index contributed by atoms with van der Waals surface area (Å²) in [6, 6.07) is 10.1. The summed E-state index contributed by atoms with van der Waals surface area (Å²) in [6.07, 6.45) is 5.24. The predicted octanol–water partition coefficient (Wildman–Crippen LogP) is 3.01. The number of hydrogen-bond acceptors (Lipinski definition) is 4. The van der Waals surface area contributed by atoms with E-state index in [-0.39, 0.29) is 11.8 Å². The van der Waals surface area contributed by atoms with Crippen molar-refractivity contribution in [2.45, 2.75) is 38.0 Å². The number of anilines is 1. The second kappa shape index (κ2) is 7.62. The van der Waals surface area contributed by atoms with Crippen LogP contribution in [0.2, 0.25) is 0 Å². The number of aromatic nitrogens is 1. The van der Waals surface area contributed by atoms with Crippen molar-refractivity contribution in [3.63, 3.8) is 0 Å². The maximum absolute atomic E-state index is 12.7. The third kappa shape index (κ3) is 3.68. The SMILES string of the molecule is Nc1cc2ccccc2nc1[C@H]1CCCN(C(=O)CCN2CCCC2)C1. The van der Waals surface area contributed by atoms with E-state index in [9.17, 15) is 4.79 Å². The molecule has 5 nitrogen and oxygen atoms in total. The first-order valence-corrected chi connectivity index (χ1v) is 9.86. The van der Waals surface area contributed by atoms with Crippen LogP contribution in [0.15, 0.2) is 30.3 Å². The first kappa shape index (κ1) is 17.3. The Bertz CT molecular complexity index is 785. The second-order valence-corrected chi connectivity index (χ2v) is 7.63. The molecule has 1 aromatic heterocycles. The molecule has 26 heavy (non-hydrogen) atoms. The van der Waals surface area contributed by atoms with Gasteiger partial charge in [0.1, 0.15) is 0 Å². The zero-order valence-corrected chi connectivity index (χ0v) is 15.4. The van der Waals surface area contributed by atoms with Gasteiger partial charge in [-0.05, 0) is 50.9 Å². The van der Waals surface area contributed by atoms with Gasteiger partial charge in [0.25, 0.3) is 0 Å². The summed E-state index contributed by atoms with van der Waals surface area (Å²) in [5, 5.41) is 1.07. The summed E-state index contributed by atoms with van der Waals surface area (Å²) in [6.45, 7) is 4.80. The van der Waals surface area contributed by atoms with Crippen LogP contribution in [0.5, 0.6) is 0 Å². The molecule has 1 atom stereocenters. The molecule has 2 aliphatic rings.